The number of ether oxygens (including phenoxy) is 1. The van der Waals surface area contributed by atoms with Crippen molar-refractivity contribution in [2.75, 3.05) is 26.2 Å². The molecule has 0 aliphatic carbocycles. The highest BCUT2D eigenvalue weighted by molar-refractivity contribution is 7.10. The van der Waals surface area contributed by atoms with E-state index in [-0.39, 0.29) is 43.4 Å². The van der Waals surface area contributed by atoms with Crippen molar-refractivity contribution in [2.24, 2.45) is 0 Å². The van der Waals surface area contributed by atoms with Crippen LogP contribution in [0.2, 0.25) is 0 Å². The highest BCUT2D eigenvalue weighted by Gasteiger charge is 2.33. The average molecular weight is 479 g/mol. The lowest BCUT2D eigenvalue weighted by atomic mass is 9.93. The second-order valence-corrected chi connectivity index (χ2v) is 9.13. The molecule has 4 rings (SSSR count). The number of hydrogen-bond donors (Lipinski definition) is 0. The van der Waals surface area contributed by atoms with Crippen molar-refractivity contribution >= 4 is 23.2 Å². The Morgan fingerprint density at radius 1 is 1.15 bits per heavy atom. The fourth-order valence-corrected chi connectivity index (χ4v) is 5.08. The molecule has 3 aromatic rings. The molecule has 1 aliphatic rings. The Balaban J connectivity index is 1.46. The summed E-state index contributed by atoms with van der Waals surface area (Å²) in [5, 5.41) is 2.02. The van der Waals surface area contributed by atoms with Crippen molar-refractivity contribution in [2.45, 2.75) is 19.1 Å². The summed E-state index contributed by atoms with van der Waals surface area (Å²) in [6.45, 7) is 4.65. The highest BCUT2D eigenvalue weighted by Crippen LogP contribution is 2.37. The minimum atomic E-state index is -0.318. The van der Waals surface area contributed by atoms with E-state index in [9.17, 15) is 14.0 Å². The van der Waals surface area contributed by atoms with Gasteiger partial charge in [-0.3, -0.25) is 9.59 Å². The summed E-state index contributed by atoms with van der Waals surface area (Å²) in [4.78, 5) is 30.8. The van der Waals surface area contributed by atoms with Crippen molar-refractivity contribution in [1.29, 1.82) is 0 Å². The predicted molar refractivity (Wildman–Crippen MR) is 131 cm³/mol. The molecule has 34 heavy (non-hydrogen) atoms. The Bertz CT molecular complexity index is 1130. The second kappa shape index (κ2) is 11.2. The zero-order valence-corrected chi connectivity index (χ0v) is 19.7. The van der Waals surface area contributed by atoms with E-state index in [4.69, 9.17) is 4.74 Å². The first-order valence-electron chi connectivity index (χ1n) is 11.2. The first kappa shape index (κ1) is 23.9. The van der Waals surface area contributed by atoms with Gasteiger partial charge in [-0.2, -0.15) is 0 Å². The third-order valence-electron chi connectivity index (χ3n) is 5.84. The van der Waals surface area contributed by atoms with Gasteiger partial charge in [-0.1, -0.05) is 48.5 Å². The van der Waals surface area contributed by atoms with E-state index < -0.39 is 0 Å². The van der Waals surface area contributed by atoms with Crippen molar-refractivity contribution in [3.05, 3.63) is 106 Å². The van der Waals surface area contributed by atoms with Crippen LogP contribution in [0.1, 0.15) is 27.6 Å². The molecule has 1 unspecified atom stereocenters. The maximum Gasteiger partial charge on any atom is 0.249 e. The molecule has 0 saturated carbocycles. The van der Waals surface area contributed by atoms with Crippen LogP contribution in [0.5, 0.6) is 0 Å². The SMILES string of the molecule is C=CCN(CC(=O)N1CCc2sccc2C1c1ccc(F)cc1)C(=O)COCc1ccccc1. The second-order valence-electron chi connectivity index (χ2n) is 8.13. The van der Waals surface area contributed by atoms with E-state index >= 15 is 0 Å². The molecule has 2 amide bonds. The standard InChI is InChI=1S/C27H27FN2O3S/c1-2-14-29(26(32)19-33-18-20-6-4-3-5-7-20)17-25(31)30-15-12-24-23(13-16-34-24)27(30)21-8-10-22(28)11-9-21/h2-11,13,16,27H,1,12,14-15,17-19H2. The molecule has 1 aliphatic heterocycles. The number of fused-ring (bicyclic) bond motifs is 1. The van der Waals surface area contributed by atoms with E-state index in [1.165, 1.54) is 21.9 Å². The number of amides is 2. The molecule has 2 heterocycles. The smallest absolute Gasteiger partial charge is 0.249 e. The van der Waals surface area contributed by atoms with Gasteiger partial charge in [0.15, 0.2) is 0 Å². The molecule has 7 heteroatoms. The number of hydrogen-bond acceptors (Lipinski definition) is 4. The first-order chi connectivity index (χ1) is 16.6. The van der Waals surface area contributed by atoms with Gasteiger partial charge in [-0.25, -0.2) is 4.39 Å². The molecule has 0 fully saturated rings. The van der Waals surface area contributed by atoms with Gasteiger partial charge >= 0.3 is 0 Å². The number of thiophene rings is 1. The van der Waals surface area contributed by atoms with Crippen LogP contribution in [0.3, 0.4) is 0 Å². The van der Waals surface area contributed by atoms with Gasteiger partial charge in [0.05, 0.1) is 12.6 Å². The van der Waals surface area contributed by atoms with Gasteiger partial charge in [0, 0.05) is 18.0 Å². The van der Waals surface area contributed by atoms with Crippen LogP contribution in [0.25, 0.3) is 0 Å². The van der Waals surface area contributed by atoms with Crippen LogP contribution < -0.4 is 0 Å². The van der Waals surface area contributed by atoms with Crippen molar-refractivity contribution < 1.29 is 18.7 Å². The lowest BCUT2D eigenvalue weighted by Crippen LogP contribution is -2.47. The summed E-state index contributed by atoms with van der Waals surface area (Å²) < 4.78 is 19.1. The zero-order chi connectivity index (χ0) is 23.9. The molecular weight excluding hydrogens is 451 g/mol. The molecule has 0 bridgehead atoms. The van der Waals surface area contributed by atoms with Crippen molar-refractivity contribution in [3.8, 4) is 0 Å². The summed E-state index contributed by atoms with van der Waals surface area (Å²) in [5.74, 6) is -0.749. The molecule has 1 atom stereocenters. The molecule has 2 aromatic carbocycles. The Hall–Kier alpha value is -3.29. The van der Waals surface area contributed by atoms with Gasteiger partial charge in [-0.05, 0) is 46.7 Å². The Morgan fingerprint density at radius 3 is 2.65 bits per heavy atom. The van der Waals surface area contributed by atoms with Crippen LogP contribution in [-0.4, -0.2) is 47.9 Å². The summed E-state index contributed by atoms with van der Waals surface area (Å²) >= 11 is 1.67. The minimum absolute atomic E-state index is 0.0727. The summed E-state index contributed by atoms with van der Waals surface area (Å²) in [7, 11) is 0. The minimum Gasteiger partial charge on any atom is -0.367 e. The molecule has 5 nitrogen and oxygen atoms in total. The molecule has 0 radical (unpaired) electrons. The van der Waals surface area contributed by atoms with Crippen LogP contribution in [0, 0.1) is 5.82 Å². The lowest BCUT2D eigenvalue weighted by Gasteiger charge is -2.37. The van der Waals surface area contributed by atoms with Crippen molar-refractivity contribution in [1.82, 2.24) is 9.80 Å². The topological polar surface area (TPSA) is 49.9 Å². The van der Waals surface area contributed by atoms with Gasteiger partial charge in [-0.15, -0.1) is 17.9 Å². The number of carbonyl (C=O) groups is 2. The number of halogens is 1. The van der Waals surface area contributed by atoms with E-state index in [0.717, 1.165) is 23.1 Å². The van der Waals surface area contributed by atoms with E-state index in [1.54, 1.807) is 34.4 Å². The molecular formula is C27H27FN2O3S. The summed E-state index contributed by atoms with van der Waals surface area (Å²) in [5.41, 5.74) is 2.88. The maximum atomic E-state index is 13.6. The fraction of sp³-hybridized carbons (Fsp3) is 0.259. The number of rotatable bonds is 9. The van der Waals surface area contributed by atoms with Crippen molar-refractivity contribution in [3.63, 3.8) is 0 Å². The number of nitrogens with zero attached hydrogens (tertiary/aromatic N) is 2. The number of carbonyl (C=O) groups excluding carboxylic acids is 2. The maximum absolute atomic E-state index is 13.6. The Labute approximate surface area is 203 Å². The molecule has 0 N–H and O–H groups in total. The van der Waals surface area contributed by atoms with E-state index in [0.29, 0.717) is 13.2 Å². The Kier molecular flexibility index (Phi) is 7.87. The molecule has 0 saturated heterocycles. The first-order valence-corrected chi connectivity index (χ1v) is 12.1. The fourth-order valence-electron chi connectivity index (χ4n) is 4.18. The highest BCUT2D eigenvalue weighted by atomic mass is 32.1. The van der Waals surface area contributed by atoms with Crippen LogP contribution in [-0.2, 0) is 27.4 Å². The van der Waals surface area contributed by atoms with Gasteiger partial charge in [0.25, 0.3) is 0 Å². The summed E-state index contributed by atoms with van der Waals surface area (Å²) in [6, 6.07) is 17.6. The quantitative estimate of drug-likeness (QED) is 0.423. The van der Waals surface area contributed by atoms with Gasteiger partial charge < -0.3 is 14.5 Å². The number of benzene rings is 2. The van der Waals surface area contributed by atoms with Gasteiger partial charge in [0.1, 0.15) is 19.0 Å². The predicted octanol–water partition coefficient (Wildman–Crippen LogP) is 4.59. The summed E-state index contributed by atoms with van der Waals surface area (Å²) in [6.07, 6.45) is 2.36. The third-order valence-corrected chi connectivity index (χ3v) is 6.83. The largest absolute Gasteiger partial charge is 0.367 e. The van der Waals surface area contributed by atoms with E-state index in [2.05, 4.69) is 6.58 Å². The lowest BCUT2D eigenvalue weighted by molar-refractivity contribution is -0.144. The van der Waals surface area contributed by atoms with Gasteiger partial charge in [0.2, 0.25) is 11.8 Å². The van der Waals surface area contributed by atoms with Crippen LogP contribution in [0.15, 0.2) is 78.7 Å². The monoisotopic (exact) mass is 478 g/mol. The van der Waals surface area contributed by atoms with E-state index in [1.807, 2.05) is 41.8 Å². The molecule has 176 valence electrons. The van der Waals surface area contributed by atoms with Crippen LogP contribution >= 0.6 is 11.3 Å². The third kappa shape index (κ3) is 5.61. The molecule has 1 aromatic heterocycles. The Morgan fingerprint density at radius 2 is 1.91 bits per heavy atom. The normalized spacial score (nSPS) is 15.0. The zero-order valence-electron chi connectivity index (χ0n) is 18.9. The van der Waals surface area contributed by atoms with Crippen LogP contribution in [0.4, 0.5) is 4.39 Å². The average Bonchev–Trinajstić information content (AvgIpc) is 3.33. The molecule has 0 spiro atoms.